The highest BCUT2D eigenvalue weighted by molar-refractivity contribution is 5.44. The number of hydrogen-bond acceptors (Lipinski definition) is 3. The zero-order valence-electron chi connectivity index (χ0n) is 11.3. The van der Waals surface area contributed by atoms with Crippen LogP contribution in [-0.2, 0) is 6.42 Å². The molecular weight excluding hydrogens is 238 g/mol. The SMILES string of the molecule is Oc1cccc2c1CCC2NCC1CCC(O)CC1. The van der Waals surface area contributed by atoms with Crippen molar-refractivity contribution in [3.8, 4) is 5.75 Å². The van der Waals surface area contributed by atoms with E-state index >= 15 is 0 Å². The van der Waals surface area contributed by atoms with Gasteiger partial charge in [-0.1, -0.05) is 12.1 Å². The molecule has 0 saturated heterocycles. The summed E-state index contributed by atoms with van der Waals surface area (Å²) in [4.78, 5) is 0. The number of hydrogen-bond donors (Lipinski definition) is 3. The minimum Gasteiger partial charge on any atom is -0.508 e. The maximum Gasteiger partial charge on any atom is 0.119 e. The molecule has 3 heteroatoms. The van der Waals surface area contributed by atoms with E-state index < -0.39 is 0 Å². The number of fused-ring (bicyclic) bond motifs is 1. The van der Waals surface area contributed by atoms with Gasteiger partial charge in [-0.3, -0.25) is 0 Å². The van der Waals surface area contributed by atoms with E-state index in [-0.39, 0.29) is 6.10 Å². The van der Waals surface area contributed by atoms with Crippen molar-refractivity contribution in [2.75, 3.05) is 6.54 Å². The molecule has 1 fully saturated rings. The minimum absolute atomic E-state index is 0.0691. The first kappa shape index (κ1) is 12.9. The number of nitrogens with one attached hydrogen (secondary N) is 1. The molecule has 3 rings (SSSR count). The van der Waals surface area contributed by atoms with Crippen LogP contribution in [0.15, 0.2) is 18.2 Å². The molecule has 1 aromatic rings. The maximum absolute atomic E-state index is 9.84. The lowest BCUT2D eigenvalue weighted by atomic mass is 9.87. The first-order valence-corrected chi connectivity index (χ1v) is 7.46. The Balaban J connectivity index is 1.57. The molecular formula is C16H23NO2. The van der Waals surface area contributed by atoms with E-state index in [2.05, 4.69) is 11.4 Å². The summed E-state index contributed by atoms with van der Waals surface area (Å²) < 4.78 is 0. The summed E-state index contributed by atoms with van der Waals surface area (Å²) in [5.74, 6) is 1.15. The predicted octanol–water partition coefficient (Wildman–Crippen LogP) is 2.52. The molecule has 2 aliphatic rings. The van der Waals surface area contributed by atoms with Crippen LogP contribution in [0.2, 0.25) is 0 Å². The molecule has 1 saturated carbocycles. The minimum atomic E-state index is -0.0691. The Labute approximate surface area is 114 Å². The second kappa shape index (κ2) is 5.51. The molecule has 0 amide bonds. The summed E-state index contributed by atoms with van der Waals surface area (Å²) in [6, 6.07) is 6.24. The van der Waals surface area contributed by atoms with Crippen molar-refractivity contribution in [2.45, 2.75) is 50.7 Å². The fourth-order valence-electron chi connectivity index (χ4n) is 3.50. The highest BCUT2D eigenvalue weighted by Gasteiger charge is 2.26. The number of aromatic hydroxyl groups is 1. The normalized spacial score (nSPS) is 30.3. The monoisotopic (exact) mass is 261 g/mol. The molecule has 0 aliphatic heterocycles. The van der Waals surface area contributed by atoms with Crippen LogP contribution in [0.25, 0.3) is 0 Å². The highest BCUT2D eigenvalue weighted by Crippen LogP contribution is 2.36. The van der Waals surface area contributed by atoms with E-state index in [1.54, 1.807) is 6.07 Å². The molecule has 0 radical (unpaired) electrons. The van der Waals surface area contributed by atoms with E-state index in [9.17, 15) is 10.2 Å². The quantitative estimate of drug-likeness (QED) is 0.783. The lowest BCUT2D eigenvalue weighted by molar-refractivity contribution is 0.107. The first-order chi connectivity index (χ1) is 9.24. The second-order valence-corrected chi connectivity index (χ2v) is 6.02. The maximum atomic E-state index is 9.84. The summed E-state index contributed by atoms with van der Waals surface area (Å²) in [6.45, 7) is 1.03. The Bertz CT molecular complexity index is 438. The van der Waals surface area contributed by atoms with Crippen LogP contribution in [0, 0.1) is 5.92 Å². The van der Waals surface area contributed by atoms with Crippen LogP contribution < -0.4 is 5.32 Å². The average molecular weight is 261 g/mol. The van der Waals surface area contributed by atoms with E-state index in [0.717, 1.165) is 50.6 Å². The molecule has 19 heavy (non-hydrogen) atoms. The zero-order valence-corrected chi connectivity index (χ0v) is 11.3. The smallest absolute Gasteiger partial charge is 0.119 e. The van der Waals surface area contributed by atoms with E-state index in [1.807, 2.05) is 6.07 Å². The van der Waals surface area contributed by atoms with Crippen molar-refractivity contribution < 1.29 is 10.2 Å². The Kier molecular flexibility index (Phi) is 3.76. The third-order valence-corrected chi connectivity index (χ3v) is 4.72. The average Bonchev–Trinajstić information content (AvgIpc) is 2.83. The molecule has 3 N–H and O–H groups in total. The first-order valence-electron chi connectivity index (χ1n) is 7.46. The van der Waals surface area contributed by atoms with Crippen molar-refractivity contribution in [3.63, 3.8) is 0 Å². The van der Waals surface area contributed by atoms with E-state index in [1.165, 1.54) is 5.56 Å². The van der Waals surface area contributed by atoms with Gasteiger partial charge in [0.1, 0.15) is 5.75 Å². The van der Waals surface area contributed by atoms with Gasteiger partial charge >= 0.3 is 0 Å². The summed E-state index contributed by atoms with van der Waals surface area (Å²) >= 11 is 0. The molecule has 1 aromatic carbocycles. The number of phenols is 1. The molecule has 1 atom stereocenters. The fraction of sp³-hybridized carbons (Fsp3) is 0.625. The lowest BCUT2D eigenvalue weighted by Gasteiger charge is -2.27. The van der Waals surface area contributed by atoms with Crippen LogP contribution in [0.5, 0.6) is 5.75 Å². The van der Waals surface area contributed by atoms with Crippen LogP contribution in [0.4, 0.5) is 0 Å². The molecule has 0 spiro atoms. The zero-order chi connectivity index (χ0) is 13.2. The Morgan fingerprint density at radius 3 is 2.68 bits per heavy atom. The van der Waals surface area contributed by atoms with Crippen LogP contribution in [-0.4, -0.2) is 22.9 Å². The van der Waals surface area contributed by atoms with Crippen molar-refractivity contribution in [1.29, 1.82) is 0 Å². The summed E-state index contributed by atoms with van der Waals surface area (Å²) in [5.41, 5.74) is 2.40. The molecule has 104 valence electrons. The number of aliphatic hydroxyl groups is 1. The van der Waals surface area contributed by atoms with Gasteiger partial charge < -0.3 is 15.5 Å². The number of rotatable bonds is 3. The van der Waals surface area contributed by atoms with Gasteiger partial charge in [0.25, 0.3) is 0 Å². The molecule has 3 nitrogen and oxygen atoms in total. The lowest BCUT2D eigenvalue weighted by Crippen LogP contribution is -2.29. The van der Waals surface area contributed by atoms with Gasteiger partial charge in [0, 0.05) is 6.04 Å². The van der Waals surface area contributed by atoms with Crippen LogP contribution >= 0.6 is 0 Å². The Hall–Kier alpha value is -1.06. The Morgan fingerprint density at radius 2 is 1.89 bits per heavy atom. The van der Waals surface area contributed by atoms with Crippen molar-refractivity contribution in [1.82, 2.24) is 5.32 Å². The molecule has 0 aromatic heterocycles. The largest absolute Gasteiger partial charge is 0.508 e. The molecule has 1 unspecified atom stereocenters. The second-order valence-electron chi connectivity index (χ2n) is 6.02. The number of phenolic OH excluding ortho intramolecular Hbond substituents is 1. The predicted molar refractivity (Wildman–Crippen MR) is 75.1 cm³/mol. The van der Waals surface area contributed by atoms with Gasteiger partial charge in [0.05, 0.1) is 6.10 Å². The topological polar surface area (TPSA) is 52.5 Å². The summed E-state index contributed by atoms with van der Waals surface area (Å²) in [5, 5.41) is 23.0. The summed E-state index contributed by atoms with van der Waals surface area (Å²) in [7, 11) is 0. The van der Waals surface area contributed by atoms with Crippen molar-refractivity contribution >= 4 is 0 Å². The van der Waals surface area contributed by atoms with Gasteiger partial charge in [-0.25, -0.2) is 0 Å². The molecule has 0 bridgehead atoms. The molecule has 0 heterocycles. The third-order valence-electron chi connectivity index (χ3n) is 4.72. The van der Waals surface area contributed by atoms with Gasteiger partial charge in [-0.2, -0.15) is 0 Å². The van der Waals surface area contributed by atoms with Gasteiger partial charge in [0.2, 0.25) is 0 Å². The van der Waals surface area contributed by atoms with Crippen molar-refractivity contribution in [2.24, 2.45) is 5.92 Å². The molecule has 2 aliphatic carbocycles. The van der Waals surface area contributed by atoms with Gasteiger partial charge in [-0.05, 0) is 68.2 Å². The van der Waals surface area contributed by atoms with Crippen LogP contribution in [0.1, 0.15) is 49.3 Å². The van der Waals surface area contributed by atoms with Crippen LogP contribution in [0.3, 0.4) is 0 Å². The Morgan fingerprint density at radius 1 is 1.11 bits per heavy atom. The van der Waals surface area contributed by atoms with E-state index in [4.69, 9.17) is 0 Å². The fourth-order valence-corrected chi connectivity index (χ4v) is 3.50. The third kappa shape index (κ3) is 2.77. The van der Waals surface area contributed by atoms with Crippen molar-refractivity contribution in [3.05, 3.63) is 29.3 Å². The number of benzene rings is 1. The van der Waals surface area contributed by atoms with Gasteiger partial charge in [-0.15, -0.1) is 0 Å². The van der Waals surface area contributed by atoms with Gasteiger partial charge in [0.15, 0.2) is 0 Å². The number of aliphatic hydroxyl groups excluding tert-OH is 1. The standard InChI is InChI=1S/C16H23NO2/c18-12-6-4-11(5-7-12)10-17-15-9-8-14-13(15)2-1-3-16(14)19/h1-3,11-12,15,17-19H,4-10H2. The summed E-state index contributed by atoms with van der Waals surface area (Å²) in [6.07, 6.45) is 6.16. The van der Waals surface area contributed by atoms with E-state index in [0.29, 0.717) is 17.7 Å². The highest BCUT2D eigenvalue weighted by atomic mass is 16.3.